The number of benzene rings is 3. The van der Waals surface area contributed by atoms with Gasteiger partial charge in [-0.15, -0.1) is 0 Å². The van der Waals surface area contributed by atoms with Crippen LogP contribution in [0.2, 0.25) is 0 Å². The largest absolute Gasteiger partial charge is 0.493 e. The Hall–Kier alpha value is -4.27. The lowest BCUT2D eigenvalue weighted by atomic mass is 10.2. The zero-order chi connectivity index (χ0) is 22.2. The van der Waals surface area contributed by atoms with E-state index >= 15 is 0 Å². The predicted molar refractivity (Wildman–Crippen MR) is 112 cm³/mol. The van der Waals surface area contributed by atoms with E-state index in [9.17, 15) is 19.3 Å². The average Bonchev–Trinajstić information content (AvgIpc) is 2.78. The lowest BCUT2D eigenvalue weighted by molar-refractivity contribution is -0.384. The second-order valence-electron chi connectivity index (χ2n) is 6.33. The molecule has 1 N–H and O–H groups in total. The molecule has 31 heavy (non-hydrogen) atoms. The fourth-order valence-electron chi connectivity index (χ4n) is 2.59. The second kappa shape index (κ2) is 9.97. The summed E-state index contributed by atoms with van der Waals surface area (Å²) in [6.07, 6.45) is 1.43. The molecule has 0 atom stereocenters. The highest BCUT2D eigenvalue weighted by Crippen LogP contribution is 2.28. The molecular weight excluding hydrogens is 405 g/mol. The Balaban J connectivity index is 1.61. The summed E-state index contributed by atoms with van der Waals surface area (Å²) in [6.45, 7) is 0.204. The topological polar surface area (TPSA) is 103 Å². The van der Waals surface area contributed by atoms with Gasteiger partial charge in [-0.05, 0) is 65.7 Å². The van der Waals surface area contributed by atoms with Crippen LogP contribution in [0.5, 0.6) is 11.5 Å². The zero-order valence-corrected chi connectivity index (χ0v) is 16.4. The van der Waals surface area contributed by atoms with E-state index in [-0.39, 0.29) is 17.9 Å². The van der Waals surface area contributed by atoms with E-state index in [0.717, 1.165) is 5.56 Å². The molecule has 8 nitrogen and oxygen atoms in total. The summed E-state index contributed by atoms with van der Waals surface area (Å²) in [5.74, 6) is 0.0402. The Bertz CT molecular complexity index is 1100. The van der Waals surface area contributed by atoms with E-state index in [0.29, 0.717) is 17.1 Å². The number of carbonyl (C=O) groups is 1. The molecule has 0 saturated carbocycles. The molecule has 0 aliphatic heterocycles. The molecule has 158 valence electrons. The maximum absolute atomic E-state index is 12.9. The smallest absolute Gasteiger partial charge is 0.271 e. The first-order chi connectivity index (χ1) is 15.0. The van der Waals surface area contributed by atoms with Gasteiger partial charge in [0.25, 0.3) is 11.6 Å². The molecular formula is C22H18FN3O5. The van der Waals surface area contributed by atoms with Gasteiger partial charge in [0, 0.05) is 17.7 Å². The number of halogens is 1. The Morgan fingerprint density at radius 3 is 2.45 bits per heavy atom. The van der Waals surface area contributed by atoms with Crippen molar-refractivity contribution in [2.75, 3.05) is 7.11 Å². The van der Waals surface area contributed by atoms with Crippen molar-refractivity contribution in [3.05, 3.63) is 99.4 Å². The first-order valence-corrected chi connectivity index (χ1v) is 9.09. The van der Waals surface area contributed by atoms with Crippen LogP contribution in [0.15, 0.2) is 71.8 Å². The predicted octanol–water partition coefficient (Wildman–Crippen LogP) is 4.09. The van der Waals surface area contributed by atoms with E-state index in [4.69, 9.17) is 9.47 Å². The molecule has 0 bridgehead atoms. The molecule has 0 radical (unpaired) electrons. The first-order valence-electron chi connectivity index (χ1n) is 9.09. The summed E-state index contributed by atoms with van der Waals surface area (Å²) in [4.78, 5) is 22.2. The summed E-state index contributed by atoms with van der Waals surface area (Å²) in [5, 5.41) is 14.6. The van der Waals surface area contributed by atoms with Gasteiger partial charge in [-0.2, -0.15) is 5.10 Å². The van der Waals surface area contributed by atoms with Crippen LogP contribution < -0.4 is 14.9 Å². The van der Waals surface area contributed by atoms with Gasteiger partial charge in [0.1, 0.15) is 12.4 Å². The van der Waals surface area contributed by atoms with Gasteiger partial charge in [-0.1, -0.05) is 0 Å². The fourth-order valence-corrected chi connectivity index (χ4v) is 2.59. The van der Waals surface area contributed by atoms with Crippen molar-refractivity contribution in [1.29, 1.82) is 0 Å². The number of hydrogen-bond acceptors (Lipinski definition) is 6. The Morgan fingerprint density at radius 1 is 1.10 bits per heavy atom. The van der Waals surface area contributed by atoms with E-state index in [1.54, 1.807) is 30.3 Å². The number of ether oxygens (including phenoxy) is 2. The van der Waals surface area contributed by atoms with Crippen LogP contribution in [0.1, 0.15) is 21.5 Å². The molecule has 0 unspecified atom stereocenters. The van der Waals surface area contributed by atoms with Crippen molar-refractivity contribution >= 4 is 17.8 Å². The van der Waals surface area contributed by atoms with Gasteiger partial charge >= 0.3 is 0 Å². The number of hydrazone groups is 1. The van der Waals surface area contributed by atoms with Gasteiger partial charge < -0.3 is 9.47 Å². The van der Waals surface area contributed by atoms with Crippen LogP contribution in [-0.2, 0) is 6.61 Å². The normalized spacial score (nSPS) is 10.6. The molecule has 0 saturated heterocycles. The maximum Gasteiger partial charge on any atom is 0.271 e. The van der Waals surface area contributed by atoms with Crippen LogP contribution in [-0.4, -0.2) is 24.2 Å². The minimum Gasteiger partial charge on any atom is -0.493 e. The zero-order valence-electron chi connectivity index (χ0n) is 16.4. The number of nitro benzene ring substituents is 1. The Morgan fingerprint density at radius 2 is 1.81 bits per heavy atom. The van der Waals surface area contributed by atoms with Gasteiger partial charge in [-0.3, -0.25) is 14.9 Å². The average molecular weight is 423 g/mol. The molecule has 9 heteroatoms. The number of methoxy groups -OCH3 is 1. The van der Waals surface area contributed by atoms with Crippen molar-refractivity contribution in [2.24, 2.45) is 5.10 Å². The van der Waals surface area contributed by atoms with Gasteiger partial charge in [0.05, 0.1) is 18.2 Å². The number of non-ortho nitro benzene ring substituents is 1. The van der Waals surface area contributed by atoms with Crippen LogP contribution in [0, 0.1) is 15.9 Å². The molecule has 3 aromatic carbocycles. The summed E-state index contributed by atoms with van der Waals surface area (Å²) in [7, 11) is 1.49. The third-order valence-corrected chi connectivity index (χ3v) is 4.22. The second-order valence-corrected chi connectivity index (χ2v) is 6.33. The van der Waals surface area contributed by atoms with Gasteiger partial charge in [-0.25, -0.2) is 9.82 Å². The number of carbonyl (C=O) groups excluding carboxylic acids is 1. The highest BCUT2D eigenvalue weighted by molar-refractivity contribution is 5.94. The Kier molecular flexibility index (Phi) is 6.89. The minimum absolute atomic E-state index is 0.0106. The molecule has 0 aliphatic rings. The molecule has 0 fully saturated rings. The van der Waals surface area contributed by atoms with Crippen LogP contribution in [0.3, 0.4) is 0 Å². The lowest BCUT2D eigenvalue weighted by Gasteiger charge is -2.11. The number of nitro groups is 1. The highest BCUT2D eigenvalue weighted by Gasteiger charge is 2.08. The third kappa shape index (κ3) is 5.86. The molecule has 3 aromatic rings. The SMILES string of the molecule is COc1cc(/C=N\NC(=O)c2ccc(F)cc2)ccc1OCc1ccc([N+](=O)[O-])cc1. The van der Waals surface area contributed by atoms with Crippen molar-refractivity contribution < 1.29 is 23.6 Å². The van der Waals surface area contributed by atoms with Crippen molar-refractivity contribution in [2.45, 2.75) is 6.61 Å². The number of hydrogen-bond donors (Lipinski definition) is 1. The first kappa shape index (κ1) is 21.4. The van der Waals surface area contributed by atoms with Crippen LogP contribution >= 0.6 is 0 Å². The summed E-state index contributed by atoms with van der Waals surface area (Å²) >= 11 is 0. The van der Waals surface area contributed by atoms with Crippen LogP contribution in [0.4, 0.5) is 10.1 Å². The standard InChI is InChI=1S/C22H18FN3O5/c1-30-21-12-16(13-24-25-22(27)17-5-7-18(23)8-6-17)4-11-20(21)31-14-15-2-9-19(10-3-15)26(28)29/h2-13H,14H2,1H3,(H,25,27)/b24-13-. The summed E-state index contributed by atoms with van der Waals surface area (Å²) < 4.78 is 24.0. The molecule has 3 rings (SSSR count). The fraction of sp³-hybridized carbons (Fsp3) is 0.0909. The maximum atomic E-state index is 12.9. The monoisotopic (exact) mass is 423 g/mol. The molecule has 0 aromatic heterocycles. The quantitative estimate of drug-likeness (QED) is 0.334. The molecule has 0 heterocycles. The molecule has 0 aliphatic carbocycles. The van der Waals surface area contributed by atoms with Crippen molar-refractivity contribution in [3.8, 4) is 11.5 Å². The van der Waals surface area contributed by atoms with E-state index in [1.165, 1.54) is 49.7 Å². The van der Waals surface area contributed by atoms with Crippen molar-refractivity contribution in [1.82, 2.24) is 5.43 Å². The summed E-state index contributed by atoms with van der Waals surface area (Å²) in [6, 6.07) is 16.3. The van der Waals surface area contributed by atoms with Gasteiger partial charge in [0.2, 0.25) is 0 Å². The Labute approximate surface area is 177 Å². The van der Waals surface area contributed by atoms with E-state index < -0.39 is 16.6 Å². The van der Waals surface area contributed by atoms with E-state index in [1.807, 2.05) is 0 Å². The number of rotatable bonds is 8. The minimum atomic E-state index is -0.466. The highest BCUT2D eigenvalue weighted by atomic mass is 19.1. The third-order valence-electron chi connectivity index (χ3n) is 4.22. The van der Waals surface area contributed by atoms with E-state index in [2.05, 4.69) is 10.5 Å². The molecule has 1 amide bonds. The van der Waals surface area contributed by atoms with Gasteiger partial charge in [0.15, 0.2) is 11.5 Å². The lowest BCUT2D eigenvalue weighted by Crippen LogP contribution is -2.17. The number of nitrogens with one attached hydrogen (secondary N) is 1. The van der Waals surface area contributed by atoms with Crippen LogP contribution in [0.25, 0.3) is 0 Å². The molecule has 0 spiro atoms. The number of amides is 1. The summed E-state index contributed by atoms with van der Waals surface area (Å²) in [5.41, 5.74) is 4.08. The van der Waals surface area contributed by atoms with Crippen molar-refractivity contribution in [3.63, 3.8) is 0 Å². The number of nitrogens with zero attached hydrogens (tertiary/aromatic N) is 2.